The van der Waals surface area contributed by atoms with E-state index in [1.807, 2.05) is 0 Å². The minimum absolute atomic E-state index is 0.0236. The summed E-state index contributed by atoms with van der Waals surface area (Å²) in [6.07, 6.45) is 11.9. The minimum atomic E-state index is -0.460. The number of rotatable bonds is 7. The summed E-state index contributed by atoms with van der Waals surface area (Å²) in [4.78, 5) is 35.0. The van der Waals surface area contributed by atoms with Gasteiger partial charge in [-0.2, -0.15) is 0 Å². The van der Waals surface area contributed by atoms with E-state index in [0.29, 0.717) is 40.6 Å². The first kappa shape index (κ1) is 28.1. The van der Waals surface area contributed by atoms with Crippen molar-refractivity contribution in [2.45, 2.75) is 97.5 Å². The van der Waals surface area contributed by atoms with Gasteiger partial charge in [0.15, 0.2) is 0 Å². The van der Waals surface area contributed by atoms with Crippen LogP contribution in [0.3, 0.4) is 0 Å². The minimum Gasteiger partial charge on any atom is -0.469 e. The number of fused-ring (bicyclic) bond motifs is 5. The lowest BCUT2D eigenvalue weighted by Gasteiger charge is -2.61. The van der Waals surface area contributed by atoms with E-state index in [0.717, 1.165) is 43.4 Å². The van der Waals surface area contributed by atoms with Crippen LogP contribution in [0.5, 0.6) is 0 Å². The largest absolute Gasteiger partial charge is 0.469 e. The predicted octanol–water partition coefficient (Wildman–Crippen LogP) is 7.37. The highest BCUT2D eigenvalue weighted by Crippen LogP contribution is 2.68. The molecule has 0 heterocycles. The number of ether oxygens (including phenoxy) is 2. The number of esters is 2. The van der Waals surface area contributed by atoms with Gasteiger partial charge in [-0.3, -0.25) is 14.9 Å². The summed E-state index contributed by atoms with van der Waals surface area (Å²) in [6.45, 7) is 7.44. The Balaban J connectivity index is 1.21. The number of carbonyl (C=O) groups excluding carboxylic acids is 2. The smallest absolute Gasteiger partial charge is 0.338 e. The zero-order valence-corrected chi connectivity index (χ0v) is 24.0. The molecular weight excluding hydrogens is 494 g/mol. The first-order chi connectivity index (χ1) is 18.6. The maximum Gasteiger partial charge on any atom is 0.338 e. The second-order valence-electron chi connectivity index (χ2n) is 13.6. The van der Waals surface area contributed by atoms with E-state index >= 15 is 0 Å². The quantitative estimate of drug-likeness (QED) is 0.204. The average molecular weight is 540 g/mol. The van der Waals surface area contributed by atoms with Crippen molar-refractivity contribution in [2.75, 3.05) is 7.11 Å². The number of nitro groups is 1. The maximum absolute atomic E-state index is 12.8. The lowest BCUT2D eigenvalue weighted by Crippen LogP contribution is -2.54. The van der Waals surface area contributed by atoms with Crippen LogP contribution in [0.2, 0.25) is 0 Å². The summed E-state index contributed by atoms with van der Waals surface area (Å²) in [7, 11) is 1.48. The van der Waals surface area contributed by atoms with E-state index in [2.05, 4.69) is 20.8 Å². The van der Waals surface area contributed by atoms with E-state index in [1.54, 1.807) is 0 Å². The Morgan fingerprint density at radius 2 is 1.69 bits per heavy atom. The Bertz CT molecular complexity index is 1090. The topological polar surface area (TPSA) is 95.7 Å². The van der Waals surface area contributed by atoms with Crippen molar-refractivity contribution in [2.24, 2.45) is 46.3 Å². The molecule has 0 aliphatic heterocycles. The highest BCUT2D eigenvalue weighted by atomic mass is 16.6. The Morgan fingerprint density at radius 3 is 2.38 bits per heavy atom. The van der Waals surface area contributed by atoms with Crippen molar-refractivity contribution in [1.82, 2.24) is 0 Å². The number of benzene rings is 1. The molecule has 7 nitrogen and oxygen atoms in total. The molecule has 0 bridgehead atoms. The summed E-state index contributed by atoms with van der Waals surface area (Å²) in [5, 5.41) is 10.9. The van der Waals surface area contributed by atoms with E-state index < -0.39 is 4.92 Å². The number of methoxy groups -OCH3 is 1. The third-order valence-electron chi connectivity index (χ3n) is 12.0. The zero-order chi connectivity index (χ0) is 27.9. The van der Waals surface area contributed by atoms with Crippen LogP contribution in [0.1, 0.15) is 102 Å². The zero-order valence-electron chi connectivity index (χ0n) is 24.0. The molecular formula is C32H45NO6. The molecule has 39 heavy (non-hydrogen) atoms. The SMILES string of the molecule is COC(=O)CC[C@@H](C)C1CC[C@H]2[C@@H]3CC[C@@H]4C[C@@H](OC(=O)c5ccc([N+](=O)[O-])cc5)CC[C@]4(C)[C@H]3CC[C@]12C. The Kier molecular flexibility index (Phi) is 7.82. The average Bonchev–Trinajstić information content (AvgIpc) is 3.29. The summed E-state index contributed by atoms with van der Waals surface area (Å²) in [6, 6.07) is 5.70. The second kappa shape index (κ2) is 10.9. The van der Waals surface area contributed by atoms with Gasteiger partial charge in [0, 0.05) is 18.6 Å². The molecule has 0 saturated heterocycles. The Labute approximate surface area is 232 Å². The molecule has 0 N–H and O–H groups in total. The molecule has 0 amide bonds. The van der Waals surface area contributed by atoms with Gasteiger partial charge in [-0.05, 0) is 123 Å². The monoisotopic (exact) mass is 539 g/mol. The number of nitro benzene ring substituents is 1. The van der Waals surface area contributed by atoms with Crippen molar-refractivity contribution in [1.29, 1.82) is 0 Å². The molecule has 0 spiro atoms. The lowest BCUT2D eigenvalue weighted by molar-refractivity contribution is -0.384. The molecule has 4 fully saturated rings. The fraction of sp³-hybridized carbons (Fsp3) is 0.750. The molecule has 4 aliphatic carbocycles. The normalized spacial score (nSPS) is 38.1. The van der Waals surface area contributed by atoms with Crippen LogP contribution >= 0.6 is 0 Å². The van der Waals surface area contributed by atoms with Crippen molar-refractivity contribution in [3.8, 4) is 0 Å². The third-order valence-corrected chi connectivity index (χ3v) is 12.0. The highest BCUT2D eigenvalue weighted by molar-refractivity contribution is 5.89. The maximum atomic E-state index is 12.8. The van der Waals surface area contributed by atoms with Gasteiger partial charge in [-0.1, -0.05) is 20.8 Å². The van der Waals surface area contributed by atoms with Crippen LogP contribution in [0.4, 0.5) is 5.69 Å². The van der Waals surface area contributed by atoms with Crippen LogP contribution in [-0.4, -0.2) is 30.1 Å². The number of hydrogen-bond acceptors (Lipinski definition) is 6. The summed E-state index contributed by atoms with van der Waals surface area (Å²) < 4.78 is 10.8. The molecule has 5 rings (SSSR count). The van der Waals surface area contributed by atoms with Crippen molar-refractivity contribution < 1.29 is 24.0 Å². The summed E-state index contributed by atoms with van der Waals surface area (Å²) in [5.41, 5.74) is 1.03. The Morgan fingerprint density at radius 1 is 1.00 bits per heavy atom. The standard InChI is InChI=1S/C32H45NO6/c1-20(5-14-29(34)38-4)26-12-13-27-25-11-8-22-19-24(15-17-31(22,2)28(25)16-18-32(26,27)3)39-30(35)21-6-9-23(10-7-21)33(36)37/h6-7,9-10,20,22,24-28H,5,8,11-19H2,1-4H3/t20-,22-,24+,25+,26?,27+,28+,31+,32-/m1/s1. The highest BCUT2D eigenvalue weighted by Gasteiger charge is 2.60. The van der Waals surface area contributed by atoms with E-state index in [-0.39, 0.29) is 23.7 Å². The molecule has 1 unspecified atom stereocenters. The van der Waals surface area contributed by atoms with Crippen LogP contribution in [0.15, 0.2) is 24.3 Å². The van der Waals surface area contributed by atoms with Gasteiger partial charge < -0.3 is 9.47 Å². The van der Waals surface area contributed by atoms with Gasteiger partial charge in [-0.25, -0.2) is 4.79 Å². The molecule has 0 aromatic heterocycles. The molecule has 7 heteroatoms. The first-order valence-electron chi connectivity index (χ1n) is 15.1. The third kappa shape index (κ3) is 5.11. The van der Waals surface area contributed by atoms with Gasteiger partial charge >= 0.3 is 11.9 Å². The predicted molar refractivity (Wildman–Crippen MR) is 148 cm³/mol. The molecule has 4 saturated carbocycles. The van der Waals surface area contributed by atoms with E-state index in [9.17, 15) is 19.7 Å². The number of carbonyl (C=O) groups is 2. The first-order valence-corrected chi connectivity index (χ1v) is 15.1. The van der Waals surface area contributed by atoms with Gasteiger partial charge in [0.25, 0.3) is 5.69 Å². The van der Waals surface area contributed by atoms with Crippen LogP contribution in [-0.2, 0) is 14.3 Å². The van der Waals surface area contributed by atoms with Gasteiger partial charge in [-0.15, -0.1) is 0 Å². The number of non-ortho nitro benzene ring substituents is 1. The summed E-state index contributed by atoms with van der Waals surface area (Å²) in [5.74, 6) is 3.63. The Hall–Kier alpha value is -2.44. The van der Waals surface area contributed by atoms with Crippen LogP contribution in [0, 0.1) is 56.5 Å². The van der Waals surface area contributed by atoms with Crippen molar-refractivity contribution in [3.05, 3.63) is 39.9 Å². The molecule has 1 aromatic rings. The molecule has 9 atom stereocenters. The van der Waals surface area contributed by atoms with Gasteiger partial charge in [0.2, 0.25) is 0 Å². The lowest BCUT2D eigenvalue weighted by atomic mass is 9.44. The number of hydrogen-bond donors (Lipinski definition) is 0. The van der Waals surface area contributed by atoms with Crippen LogP contribution in [0.25, 0.3) is 0 Å². The van der Waals surface area contributed by atoms with Crippen molar-refractivity contribution >= 4 is 17.6 Å². The van der Waals surface area contributed by atoms with E-state index in [1.165, 1.54) is 69.9 Å². The molecule has 4 aliphatic rings. The fourth-order valence-electron chi connectivity index (χ4n) is 9.89. The fourth-order valence-corrected chi connectivity index (χ4v) is 9.89. The molecule has 0 radical (unpaired) electrons. The van der Waals surface area contributed by atoms with E-state index in [4.69, 9.17) is 9.47 Å². The molecule has 1 aromatic carbocycles. The molecule has 214 valence electrons. The van der Waals surface area contributed by atoms with Gasteiger partial charge in [0.05, 0.1) is 17.6 Å². The van der Waals surface area contributed by atoms with Crippen LogP contribution < -0.4 is 0 Å². The van der Waals surface area contributed by atoms with Gasteiger partial charge in [0.1, 0.15) is 6.10 Å². The van der Waals surface area contributed by atoms with Crippen molar-refractivity contribution in [3.63, 3.8) is 0 Å². The number of nitrogens with zero attached hydrogens (tertiary/aromatic N) is 1. The summed E-state index contributed by atoms with van der Waals surface area (Å²) >= 11 is 0. The second-order valence-corrected chi connectivity index (χ2v) is 13.6.